The molecule has 0 atom stereocenters. The molecule has 1 aromatic carbocycles. The molecular formula is C23H26N4OS. The van der Waals surface area contributed by atoms with E-state index in [0.717, 1.165) is 51.1 Å². The number of hydrogen-bond donors (Lipinski definition) is 0. The highest BCUT2D eigenvalue weighted by Crippen LogP contribution is 2.28. The van der Waals surface area contributed by atoms with E-state index in [1.165, 1.54) is 17.5 Å². The maximum Gasteiger partial charge on any atom is 0.253 e. The van der Waals surface area contributed by atoms with E-state index in [-0.39, 0.29) is 5.91 Å². The summed E-state index contributed by atoms with van der Waals surface area (Å²) in [6.45, 7) is 4.72. The first-order chi connectivity index (χ1) is 14.3. The van der Waals surface area contributed by atoms with Gasteiger partial charge in [-0.15, -0.1) is 11.3 Å². The molecule has 0 N–H and O–H groups in total. The largest absolute Gasteiger partial charge is 0.339 e. The number of piperidine rings is 1. The summed E-state index contributed by atoms with van der Waals surface area (Å²) in [6.07, 6.45) is 8.87. The van der Waals surface area contributed by atoms with Crippen molar-refractivity contribution in [1.82, 2.24) is 19.4 Å². The maximum atomic E-state index is 12.9. The fourth-order valence-electron chi connectivity index (χ4n) is 4.54. The summed E-state index contributed by atoms with van der Waals surface area (Å²) in [6, 6.07) is 10.9. The molecule has 3 aromatic rings. The van der Waals surface area contributed by atoms with Crippen LogP contribution in [0.5, 0.6) is 0 Å². The number of nitrogens with zero attached hydrogens (tertiary/aromatic N) is 4. The molecule has 1 saturated heterocycles. The summed E-state index contributed by atoms with van der Waals surface area (Å²) in [5.41, 5.74) is 3.48. The first-order valence-electron chi connectivity index (χ1n) is 10.4. The first-order valence-corrected chi connectivity index (χ1v) is 11.3. The summed E-state index contributed by atoms with van der Waals surface area (Å²) in [4.78, 5) is 23.2. The molecule has 0 saturated carbocycles. The van der Waals surface area contributed by atoms with Gasteiger partial charge in [-0.1, -0.05) is 12.1 Å². The van der Waals surface area contributed by atoms with Crippen molar-refractivity contribution in [3.63, 3.8) is 0 Å². The Balaban J connectivity index is 1.16. The fraction of sp³-hybridized carbons (Fsp3) is 0.391. The summed E-state index contributed by atoms with van der Waals surface area (Å²) >= 11 is 1.89. The van der Waals surface area contributed by atoms with Gasteiger partial charge in [0.15, 0.2) is 0 Å². The van der Waals surface area contributed by atoms with Crippen LogP contribution in [-0.4, -0.2) is 50.9 Å². The van der Waals surface area contributed by atoms with E-state index >= 15 is 0 Å². The number of amides is 1. The maximum absolute atomic E-state index is 12.9. The Morgan fingerprint density at radius 1 is 1.10 bits per heavy atom. The number of aromatic nitrogens is 2. The molecule has 2 aromatic heterocycles. The molecule has 0 unspecified atom stereocenters. The third-order valence-corrected chi connectivity index (χ3v) is 7.25. The lowest BCUT2D eigenvalue weighted by Crippen LogP contribution is -2.47. The average molecular weight is 407 g/mol. The summed E-state index contributed by atoms with van der Waals surface area (Å²) in [7, 11) is 0. The Kier molecular flexibility index (Phi) is 5.21. The number of carbonyl (C=O) groups excluding carboxylic acids is 1. The molecule has 0 radical (unpaired) electrons. The molecule has 0 spiro atoms. The number of carbonyl (C=O) groups is 1. The predicted octanol–water partition coefficient (Wildman–Crippen LogP) is 3.66. The van der Waals surface area contributed by atoms with Gasteiger partial charge in [0.1, 0.15) is 0 Å². The van der Waals surface area contributed by atoms with Crippen molar-refractivity contribution in [3.05, 3.63) is 76.0 Å². The molecule has 2 aliphatic heterocycles. The predicted molar refractivity (Wildman–Crippen MR) is 115 cm³/mol. The zero-order valence-electron chi connectivity index (χ0n) is 16.5. The van der Waals surface area contributed by atoms with Crippen LogP contribution < -0.4 is 0 Å². The number of thiophene rings is 1. The molecule has 150 valence electrons. The highest BCUT2D eigenvalue weighted by molar-refractivity contribution is 7.10. The van der Waals surface area contributed by atoms with Crippen LogP contribution in [0.2, 0.25) is 0 Å². The van der Waals surface area contributed by atoms with Gasteiger partial charge in [0.25, 0.3) is 5.91 Å². The number of fused-ring (bicyclic) bond motifs is 1. The highest BCUT2D eigenvalue weighted by Gasteiger charge is 2.29. The molecule has 0 aliphatic carbocycles. The van der Waals surface area contributed by atoms with Crippen molar-refractivity contribution >= 4 is 17.2 Å². The van der Waals surface area contributed by atoms with E-state index in [2.05, 4.69) is 21.3 Å². The Labute approximate surface area is 175 Å². The fourth-order valence-corrected chi connectivity index (χ4v) is 5.43. The van der Waals surface area contributed by atoms with E-state index in [0.29, 0.717) is 6.04 Å². The number of likely N-dealkylation sites (tertiary alicyclic amines) is 1. The first kappa shape index (κ1) is 18.6. The van der Waals surface area contributed by atoms with Crippen LogP contribution in [-0.2, 0) is 19.5 Å². The van der Waals surface area contributed by atoms with Gasteiger partial charge < -0.3 is 9.47 Å². The molecular weight excluding hydrogens is 380 g/mol. The lowest BCUT2D eigenvalue weighted by Gasteiger charge is -2.40. The minimum atomic E-state index is 0.163. The second kappa shape index (κ2) is 8.13. The Morgan fingerprint density at radius 2 is 1.93 bits per heavy atom. The minimum absolute atomic E-state index is 0.163. The number of imidazole rings is 1. The average Bonchev–Trinajstić information content (AvgIpc) is 3.45. The van der Waals surface area contributed by atoms with E-state index in [1.54, 1.807) is 11.1 Å². The van der Waals surface area contributed by atoms with Crippen LogP contribution in [0.4, 0.5) is 0 Å². The van der Waals surface area contributed by atoms with E-state index in [4.69, 9.17) is 0 Å². The van der Waals surface area contributed by atoms with Gasteiger partial charge in [-0.25, -0.2) is 4.98 Å². The molecule has 29 heavy (non-hydrogen) atoms. The smallest absolute Gasteiger partial charge is 0.253 e. The van der Waals surface area contributed by atoms with Crippen LogP contribution in [0.15, 0.2) is 54.4 Å². The lowest BCUT2D eigenvalue weighted by molar-refractivity contribution is 0.0600. The Hall–Kier alpha value is -2.44. The third kappa shape index (κ3) is 4.00. The van der Waals surface area contributed by atoms with Crippen LogP contribution >= 0.6 is 11.3 Å². The van der Waals surface area contributed by atoms with Crippen molar-refractivity contribution in [2.45, 2.75) is 38.4 Å². The number of benzene rings is 1. The van der Waals surface area contributed by atoms with Crippen molar-refractivity contribution in [3.8, 4) is 0 Å². The Bertz CT molecular complexity index is 955. The van der Waals surface area contributed by atoms with Gasteiger partial charge >= 0.3 is 0 Å². The zero-order valence-corrected chi connectivity index (χ0v) is 17.4. The molecule has 1 fully saturated rings. The third-order valence-electron chi connectivity index (χ3n) is 6.23. The monoisotopic (exact) mass is 406 g/mol. The van der Waals surface area contributed by atoms with Crippen molar-refractivity contribution in [1.29, 1.82) is 0 Å². The standard InChI is InChI=1S/C23H26N4OS/c28-23(19-3-1-18(2-4-19)15-25-13-9-24-17-25)26-10-5-21(6-11-26)27-12-7-22-20(16-27)8-14-29-22/h1-4,8-9,13-14,17,21H,5-7,10-12,15-16H2. The molecule has 4 heterocycles. The van der Waals surface area contributed by atoms with Gasteiger partial charge in [0.2, 0.25) is 0 Å². The SMILES string of the molecule is O=C(c1ccc(Cn2ccnc2)cc1)N1CCC(N2CCc3sccc3C2)CC1. The van der Waals surface area contributed by atoms with E-state index in [1.807, 2.05) is 57.6 Å². The van der Waals surface area contributed by atoms with Crippen molar-refractivity contribution < 1.29 is 4.79 Å². The molecule has 2 aliphatic rings. The molecule has 1 amide bonds. The van der Waals surface area contributed by atoms with Crippen molar-refractivity contribution in [2.75, 3.05) is 19.6 Å². The van der Waals surface area contributed by atoms with Crippen LogP contribution in [0.25, 0.3) is 0 Å². The second-order valence-electron chi connectivity index (χ2n) is 8.04. The van der Waals surface area contributed by atoms with Gasteiger partial charge in [0, 0.05) is 61.6 Å². The topological polar surface area (TPSA) is 41.4 Å². The normalized spacial score (nSPS) is 18.0. The number of rotatable bonds is 4. The molecule has 6 heteroatoms. The van der Waals surface area contributed by atoms with Gasteiger partial charge in [-0.3, -0.25) is 9.69 Å². The van der Waals surface area contributed by atoms with Crippen molar-refractivity contribution in [2.24, 2.45) is 0 Å². The molecule has 5 nitrogen and oxygen atoms in total. The summed E-state index contributed by atoms with van der Waals surface area (Å²) in [5, 5.41) is 2.22. The van der Waals surface area contributed by atoms with Gasteiger partial charge in [0.05, 0.1) is 6.33 Å². The van der Waals surface area contributed by atoms with E-state index < -0.39 is 0 Å². The second-order valence-corrected chi connectivity index (χ2v) is 9.05. The Morgan fingerprint density at radius 3 is 2.69 bits per heavy atom. The molecule has 0 bridgehead atoms. The highest BCUT2D eigenvalue weighted by atomic mass is 32.1. The lowest BCUT2D eigenvalue weighted by atomic mass is 9.99. The van der Waals surface area contributed by atoms with Crippen LogP contribution in [0, 0.1) is 0 Å². The van der Waals surface area contributed by atoms with E-state index in [9.17, 15) is 4.79 Å². The zero-order chi connectivity index (χ0) is 19.6. The van der Waals surface area contributed by atoms with Crippen LogP contribution in [0.1, 0.15) is 39.2 Å². The van der Waals surface area contributed by atoms with Gasteiger partial charge in [-0.2, -0.15) is 0 Å². The van der Waals surface area contributed by atoms with Gasteiger partial charge in [-0.05, 0) is 54.0 Å². The summed E-state index contributed by atoms with van der Waals surface area (Å²) < 4.78 is 2.03. The number of hydrogen-bond acceptors (Lipinski definition) is 4. The minimum Gasteiger partial charge on any atom is -0.339 e. The quantitative estimate of drug-likeness (QED) is 0.664. The van der Waals surface area contributed by atoms with Crippen LogP contribution in [0.3, 0.4) is 0 Å². The molecule has 5 rings (SSSR count). The summed E-state index contributed by atoms with van der Waals surface area (Å²) in [5.74, 6) is 0.163.